The van der Waals surface area contributed by atoms with Crippen LogP contribution in [0.25, 0.3) is 0 Å². The fourth-order valence-electron chi connectivity index (χ4n) is 2.15. The van der Waals surface area contributed by atoms with E-state index in [0.29, 0.717) is 26.8 Å². The number of aromatic amines is 1. The molecule has 0 radical (unpaired) electrons. The van der Waals surface area contributed by atoms with Crippen molar-refractivity contribution in [3.05, 3.63) is 80.7 Å². The molecule has 0 aliphatic carbocycles. The van der Waals surface area contributed by atoms with Gasteiger partial charge >= 0.3 is 5.69 Å². The molecule has 0 fully saturated rings. The van der Waals surface area contributed by atoms with Crippen molar-refractivity contribution in [2.45, 2.75) is 28.4 Å². The van der Waals surface area contributed by atoms with Crippen LogP contribution < -0.4 is 5.69 Å². The molecule has 0 aliphatic rings. The first-order chi connectivity index (χ1) is 12.6. The number of benzene rings is 2. The lowest BCUT2D eigenvalue weighted by atomic mass is 10.2. The number of halogens is 1. The second-order valence-corrected chi connectivity index (χ2v) is 7.77. The smallest absolute Gasteiger partial charge is 0.349 e. The van der Waals surface area contributed by atoms with Gasteiger partial charge in [-0.3, -0.25) is 4.98 Å². The van der Waals surface area contributed by atoms with Crippen molar-refractivity contribution in [1.82, 2.24) is 15.0 Å². The van der Waals surface area contributed by atoms with Gasteiger partial charge in [0.05, 0.1) is 6.61 Å². The van der Waals surface area contributed by atoms with Crippen LogP contribution in [0.4, 0.5) is 0 Å². The van der Waals surface area contributed by atoms with Crippen molar-refractivity contribution in [2.75, 3.05) is 0 Å². The number of nitrogens with zero attached hydrogens (tertiary/aromatic N) is 2. The first-order valence-electron chi connectivity index (χ1n) is 7.79. The largest absolute Gasteiger partial charge is 0.392 e. The summed E-state index contributed by atoms with van der Waals surface area (Å²) in [6, 6.07) is 15.2. The molecule has 3 rings (SSSR count). The Labute approximate surface area is 164 Å². The SMILES string of the molecule is O=c1nc(SCc2cccc(Cl)c2)nc(SCc2ccc(CO)cc2)[nH]1. The van der Waals surface area contributed by atoms with E-state index in [9.17, 15) is 4.79 Å². The van der Waals surface area contributed by atoms with Gasteiger partial charge in [0.2, 0.25) is 0 Å². The van der Waals surface area contributed by atoms with Crippen molar-refractivity contribution in [3.8, 4) is 0 Å². The molecule has 0 unspecified atom stereocenters. The predicted octanol–water partition coefficient (Wildman–Crippen LogP) is 3.90. The maximum Gasteiger partial charge on any atom is 0.349 e. The standard InChI is InChI=1S/C18H16ClN3O2S2/c19-15-3-1-2-14(8-15)11-26-18-21-16(24)20-17(22-18)25-10-13-6-4-12(9-23)5-7-13/h1-8,23H,9-11H2,(H,20,21,22,24). The van der Waals surface area contributed by atoms with Gasteiger partial charge in [0.25, 0.3) is 0 Å². The Kier molecular flexibility index (Phi) is 6.73. The fraction of sp³-hybridized carbons (Fsp3) is 0.167. The highest BCUT2D eigenvalue weighted by Gasteiger charge is 2.06. The van der Waals surface area contributed by atoms with Crippen LogP contribution in [0.2, 0.25) is 5.02 Å². The maximum atomic E-state index is 11.8. The van der Waals surface area contributed by atoms with Crippen LogP contribution in [0, 0.1) is 0 Å². The van der Waals surface area contributed by atoms with Gasteiger partial charge in [-0.1, -0.05) is 71.5 Å². The minimum Gasteiger partial charge on any atom is -0.392 e. The summed E-state index contributed by atoms with van der Waals surface area (Å²) >= 11 is 8.81. The molecular formula is C18H16ClN3O2S2. The van der Waals surface area contributed by atoms with Crippen LogP contribution in [0.3, 0.4) is 0 Å². The Balaban J connectivity index is 1.64. The third kappa shape index (κ3) is 5.60. The minimum absolute atomic E-state index is 0.0276. The van der Waals surface area contributed by atoms with Gasteiger partial charge in [-0.25, -0.2) is 4.79 Å². The zero-order valence-corrected chi connectivity index (χ0v) is 16.1. The molecule has 0 atom stereocenters. The van der Waals surface area contributed by atoms with E-state index in [4.69, 9.17) is 16.7 Å². The first-order valence-corrected chi connectivity index (χ1v) is 10.1. The van der Waals surface area contributed by atoms with Gasteiger partial charge in [0, 0.05) is 16.5 Å². The molecule has 8 heteroatoms. The van der Waals surface area contributed by atoms with E-state index in [1.165, 1.54) is 23.5 Å². The Morgan fingerprint density at radius 3 is 2.42 bits per heavy atom. The van der Waals surface area contributed by atoms with Gasteiger partial charge in [0.15, 0.2) is 10.3 Å². The number of aromatic nitrogens is 3. The minimum atomic E-state index is -0.410. The van der Waals surface area contributed by atoms with Gasteiger partial charge in [-0.05, 0) is 28.8 Å². The Bertz CT molecular complexity index is 932. The summed E-state index contributed by atoms with van der Waals surface area (Å²) in [4.78, 5) is 22.8. The number of aliphatic hydroxyl groups excluding tert-OH is 1. The first kappa shape index (κ1) is 19.0. The van der Waals surface area contributed by atoms with E-state index < -0.39 is 5.69 Å². The summed E-state index contributed by atoms with van der Waals surface area (Å²) in [7, 11) is 0. The molecule has 2 aromatic carbocycles. The molecule has 0 saturated carbocycles. The number of nitrogens with one attached hydrogen (secondary N) is 1. The average Bonchev–Trinajstić information content (AvgIpc) is 2.65. The zero-order valence-electron chi connectivity index (χ0n) is 13.7. The highest BCUT2D eigenvalue weighted by Crippen LogP contribution is 2.23. The van der Waals surface area contributed by atoms with Crippen LogP contribution in [0.1, 0.15) is 16.7 Å². The van der Waals surface area contributed by atoms with Gasteiger partial charge in [-0.15, -0.1) is 0 Å². The van der Waals surface area contributed by atoms with Crippen molar-refractivity contribution in [2.24, 2.45) is 0 Å². The van der Waals surface area contributed by atoms with E-state index in [0.717, 1.165) is 16.7 Å². The monoisotopic (exact) mass is 405 g/mol. The molecule has 2 N–H and O–H groups in total. The van der Waals surface area contributed by atoms with Crippen LogP contribution in [0.5, 0.6) is 0 Å². The normalized spacial score (nSPS) is 10.8. The molecule has 0 aliphatic heterocycles. The van der Waals surface area contributed by atoms with Crippen molar-refractivity contribution >= 4 is 35.1 Å². The molecular weight excluding hydrogens is 390 g/mol. The Morgan fingerprint density at radius 1 is 0.962 bits per heavy atom. The molecule has 1 aromatic heterocycles. The number of H-pyrrole nitrogens is 1. The molecule has 134 valence electrons. The summed E-state index contributed by atoms with van der Waals surface area (Å²) in [5, 5.41) is 10.7. The summed E-state index contributed by atoms with van der Waals surface area (Å²) in [5.74, 6) is 1.30. The number of thioether (sulfide) groups is 2. The van der Waals surface area contributed by atoms with Gasteiger partial charge in [-0.2, -0.15) is 9.97 Å². The van der Waals surface area contributed by atoms with Gasteiger partial charge < -0.3 is 5.11 Å². The summed E-state index contributed by atoms with van der Waals surface area (Å²) in [6.07, 6.45) is 0. The predicted molar refractivity (Wildman–Crippen MR) is 106 cm³/mol. The second-order valence-electron chi connectivity index (χ2n) is 5.42. The lowest BCUT2D eigenvalue weighted by Crippen LogP contribution is -2.13. The lowest BCUT2D eigenvalue weighted by molar-refractivity contribution is 0.282. The van der Waals surface area contributed by atoms with Crippen LogP contribution in [-0.2, 0) is 18.1 Å². The quantitative estimate of drug-likeness (QED) is 0.580. The number of hydrogen-bond donors (Lipinski definition) is 2. The average molecular weight is 406 g/mol. The highest BCUT2D eigenvalue weighted by molar-refractivity contribution is 7.99. The van der Waals surface area contributed by atoms with E-state index in [-0.39, 0.29) is 6.61 Å². The van der Waals surface area contributed by atoms with Gasteiger partial charge in [0.1, 0.15) is 0 Å². The second kappa shape index (κ2) is 9.23. The molecule has 0 bridgehead atoms. The topological polar surface area (TPSA) is 78.9 Å². The van der Waals surface area contributed by atoms with Crippen molar-refractivity contribution < 1.29 is 5.11 Å². The van der Waals surface area contributed by atoms with Crippen LogP contribution in [-0.4, -0.2) is 20.1 Å². The van der Waals surface area contributed by atoms with E-state index in [2.05, 4.69) is 15.0 Å². The zero-order chi connectivity index (χ0) is 18.4. The molecule has 0 saturated heterocycles. The summed E-state index contributed by atoms with van der Waals surface area (Å²) < 4.78 is 0. The Morgan fingerprint density at radius 2 is 1.69 bits per heavy atom. The van der Waals surface area contributed by atoms with E-state index in [1.807, 2.05) is 48.5 Å². The summed E-state index contributed by atoms with van der Waals surface area (Å²) in [6.45, 7) is 0.0276. The van der Waals surface area contributed by atoms with Crippen molar-refractivity contribution in [1.29, 1.82) is 0 Å². The third-order valence-electron chi connectivity index (χ3n) is 3.45. The van der Waals surface area contributed by atoms with E-state index >= 15 is 0 Å². The highest BCUT2D eigenvalue weighted by atomic mass is 35.5. The maximum absolute atomic E-state index is 11.8. The molecule has 26 heavy (non-hydrogen) atoms. The fourth-order valence-corrected chi connectivity index (χ4v) is 4.00. The number of aliphatic hydroxyl groups is 1. The molecule has 1 heterocycles. The Hall–Kier alpha value is -1.80. The van der Waals surface area contributed by atoms with Crippen LogP contribution in [0.15, 0.2) is 63.6 Å². The molecule has 3 aromatic rings. The lowest BCUT2D eigenvalue weighted by Gasteiger charge is -2.05. The third-order valence-corrected chi connectivity index (χ3v) is 5.54. The molecule has 0 amide bonds. The summed E-state index contributed by atoms with van der Waals surface area (Å²) in [5.41, 5.74) is 2.59. The van der Waals surface area contributed by atoms with Crippen molar-refractivity contribution in [3.63, 3.8) is 0 Å². The van der Waals surface area contributed by atoms with Crippen LogP contribution >= 0.6 is 35.1 Å². The molecule has 5 nitrogen and oxygen atoms in total. The van der Waals surface area contributed by atoms with E-state index in [1.54, 1.807) is 0 Å². The number of rotatable bonds is 7. The molecule has 0 spiro atoms. The number of hydrogen-bond acceptors (Lipinski definition) is 6.